The Morgan fingerprint density at radius 2 is 1.95 bits per heavy atom. The number of anilines is 1. The molecule has 1 unspecified atom stereocenters. The molecule has 4 nitrogen and oxygen atoms in total. The number of carboxylic acids is 1. The molecule has 0 radical (unpaired) electrons. The highest BCUT2D eigenvalue weighted by Gasteiger charge is 2.30. The number of para-hydroxylation sites is 2. The number of aliphatic carboxylic acids is 1. The first-order chi connectivity index (χ1) is 10.1. The van der Waals surface area contributed by atoms with Crippen molar-refractivity contribution in [3.8, 4) is 5.75 Å². The molecular weight excluding hydrogens is 266 g/mol. The van der Waals surface area contributed by atoms with Crippen LogP contribution >= 0.6 is 0 Å². The van der Waals surface area contributed by atoms with Crippen molar-refractivity contribution in [1.29, 1.82) is 0 Å². The molecular formula is C17H17NO3. The molecule has 0 aromatic heterocycles. The maximum atomic E-state index is 11.3. The SMILES string of the molecule is Cc1ccc(CN2CC(C(=O)O)Oc3ccccc32)cc1. The van der Waals surface area contributed by atoms with Crippen molar-refractivity contribution in [2.24, 2.45) is 0 Å². The number of aryl methyl sites for hydroxylation is 1. The maximum absolute atomic E-state index is 11.3. The van der Waals surface area contributed by atoms with E-state index < -0.39 is 12.1 Å². The van der Waals surface area contributed by atoms with Gasteiger partial charge in [-0.05, 0) is 24.6 Å². The Morgan fingerprint density at radius 1 is 1.24 bits per heavy atom. The van der Waals surface area contributed by atoms with Crippen molar-refractivity contribution in [3.05, 3.63) is 59.7 Å². The van der Waals surface area contributed by atoms with Crippen LogP contribution in [-0.4, -0.2) is 23.7 Å². The lowest BCUT2D eigenvalue weighted by Crippen LogP contribution is -2.44. The average molecular weight is 283 g/mol. The number of hydrogen-bond donors (Lipinski definition) is 1. The van der Waals surface area contributed by atoms with Crippen LogP contribution in [0, 0.1) is 6.92 Å². The third-order valence-electron chi connectivity index (χ3n) is 3.63. The number of benzene rings is 2. The van der Waals surface area contributed by atoms with Crippen LogP contribution in [0.1, 0.15) is 11.1 Å². The van der Waals surface area contributed by atoms with Gasteiger partial charge in [-0.15, -0.1) is 0 Å². The summed E-state index contributed by atoms with van der Waals surface area (Å²) in [6.45, 7) is 3.07. The standard InChI is InChI=1S/C17H17NO3/c1-12-6-8-13(9-7-12)10-18-11-16(17(19)20)21-15-5-3-2-4-14(15)18/h2-9,16H,10-11H2,1H3,(H,19,20). The van der Waals surface area contributed by atoms with E-state index in [1.54, 1.807) is 0 Å². The predicted octanol–water partition coefficient (Wildman–Crippen LogP) is 2.85. The van der Waals surface area contributed by atoms with Crippen LogP contribution in [0.4, 0.5) is 5.69 Å². The van der Waals surface area contributed by atoms with Gasteiger partial charge >= 0.3 is 5.97 Å². The Morgan fingerprint density at radius 3 is 2.67 bits per heavy atom. The molecule has 3 rings (SSSR count). The fraction of sp³-hybridized carbons (Fsp3) is 0.235. The van der Waals surface area contributed by atoms with Gasteiger partial charge in [0.2, 0.25) is 6.10 Å². The van der Waals surface area contributed by atoms with E-state index in [-0.39, 0.29) is 0 Å². The summed E-state index contributed by atoms with van der Waals surface area (Å²) in [6, 6.07) is 15.8. The van der Waals surface area contributed by atoms with Gasteiger partial charge in [-0.2, -0.15) is 0 Å². The van der Waals surface area contributed by atoms with E-state index in [2.05, 4.69) is 29.2 Å². The summed E-state index contributed by atoms with van der Waals surface area (Å²) >= 11 is 0. The lowest BCUT2D eigenvalue weighted by molar-refractivity contribution is -0.144. The first kappa shape index (κ1) is 13.5. The molecule has 0 spiro atoms. The van der Waals surface area contributed by atoms with Crippen LogP contribution in [0.5, 0.6) is 5.75 Å². The van der Waals surface area contributed by atoms with E-state index in [9.17, 15) is 9.90 Å². The molecule has 1 N–H and O–H groups in total. The zero-order valence-corrected chi connectivity index (χ0v) is 11.8. The number of carbonyl (C=O) groups is 1. The summed E-state index contributed by atoms with van der Waals surface area (Å²) < 4.78 is 5.54. The van der Waals surface area contributed by atoms with Gasteiger partial charge in [-0.1, -0.05) is 42.0 Å². The maximum Gasteiger partial charge on any atom is 0.346 e. The number of carboxylic acid groups (broad SMARTS) is 1. The average Bonchev–Trinajstić information content (AvgIpc) is 2.49. The summed E-state index contributed by atoms with van der Waals surface area (Å²) in [5, 5.41) is 9.23. The zero-order chi connectivity index (χ0) is 14.8. The second-order valence-corrected chi connectivity index (χ2v) is 5.28. The Bertz CT molecular complexity index is 651. The summed E-state index contributed by atoms with van der Waals surface area (Å²) in [5.41, 5.74) is 3.31. The summed E-state index contributed by atoms with van der Waals surface area (Å²) in [5.74, 6) is -0.304. The van der Waals surface area contributed by atoms with Gasteiger partial charge in [-0.25, -0.2) is 4.79 Å². The Balaban J connectivity index is 1.89. The summed E-state index contributed by atoms with van der Waals surface area (Å²) in [7, 11) is 0. The molecule has 1 aliphatic heterocycles. The van der Waals surface area contributed by atoms with E-state index in [0.717, 1.165) is 11.3 Å². The molecule has 21 heavy (non-hydrogen) atoms. The predicted molar refractivity (Wildman–Crippen MR) is 80.7 cm³/mol. The highest BCUT2D eigenvalue weighted by Crippen LogP contribution is 2.34. The van der Waals surface area contributed by atoms with Crippen molar-refractivity contribution >= 4 is 11.7 Å². The molecule has 1 aliphatic rings. The molecule has 2 aromatic carbocycles. The lowest BCUT2D eigenvalue weighted by atomic mass is 10.1. The molecule has 1 heterocycles. The van der Waals surface area contributed by atoms with E-state index in [1.807, 2.05) is 31.2 Å². The monoisotopic (exact) mass is 283 g/mol. The normalized spacial score (nSPS) is 17.0. The minimum Gasteiger partial charge on any atom is -0.478 e. The number of ether oxygens (including phenoxy) is 1. The van der Waals surface area contributed by atoms with E-state index in [1.165, 1.54) is 5.56 Å². The van der Waals surface area contributed by atoms with E-state index >= 15 is 0 Å². The van der Waals surface area contributed by atoms with Crippen LogP contribution in [0.2, 0.25) is 0 Å². The van der Waals surface area contributed by atoms with Crippen LogP contribution in [-0.2, 0) is 11.3 Å². The van der Waals surface area contributed by atoms with Gasteiger partial charge in [0.15, 0.2) is 0 Å². The Labute approximate surface area is 123 Å². The van der Waals surface area contributed by atoms with E-state index in [4.69, 9.17) is 4.74 Å². The smallest absolute Gasteiger partial charge is 0.346 e. The second kappa shape index (κ2) is 5.48. The van der Waals surface area contributed by atoms with Crippen molar-refractivity contribution in [1.82, 2.24) is 0 Å². The molecule has 0 saturated carbocycles. The third kappa shape index (κ3) is 2.84. The Hall–Kier alpha value is -2.49. The molecule has 1 atom stereocenters. The largest absolute Gasteiger partial charge is 0.478 e. The molecule has 4 heteroatoms. The van der Waals surface area contributed by atoms with Gasteiger partial charge in [0.05, 0.1) is 12.2 Å². The molecule has 0 bridgehead atoms. The molecule has 108 valence electrons. The van der Waals surface area contributed by atoms with Gasteiger partial charge < -0.3 is 14.7 Å². The second-order valence-electron chi connectivity index (χ2n) is 5.28. The quantitative estimate of drug-likeness (QED) is 0.941. The summed E-state index contributed by atoms with van der Waals surface area (Å²) in [6.07, 6.45) is -0.828. The number of hydrogen-bond acceptors (Lipinski definition) is 3. The van der Waals surface area contributed by atoms with Crippen LogP contribution in [0.15, 0.2) is 48.5 Å². The van der Waals surface area contributed by atoms with Crippen molar-refractivity contribution in [2.45, 2.75) is 19.6 Å². The molecule has 2 aromatic rings. The van der Waals surface area contributed by atoms with Crippen LogP contribution in [0.3, 0.4) is 0 Å². The molecule has 0 saturated heterocycles. The van der Waals surface area contributed by atoms with Gasteiger partial charge in [0.25, 0.3) is 0 Å². The fourth-order valence-electron chi connectivity index (χ4n) is 2.50. The number of rotatable bonds is 3. The van der Waals surface area contributed by atoms with Gasteiger partial charge in [-0.3, -0.25) is 0 Å². The third-order valence-corrected chi connectivity index (χ3v) is 3.63. The first-order valence-corrected chi connectivity index (χ1v) is 6.92. The lowest BCUT2D eigenvalue weighted by Gasteiger charge is -2.34. The first-order valence-electron chi connectivity index (χ1n) is 6.92. The van der Waals surface area contributed by atoms with Crippen molar-refractivity contribution in [2.75, 3.05) is 11.4 Å². The number of fused-ring (bicyclic) bond motifs is 1. The van der Waals surface area contributed by atoms with Gasteiger partial charge in [0, 0.05) is 6.54 Å². The molecule has 0 fully saturated rings. The minimum absolute atomic E-state index is 0.347. The topological polar surface area (TPSA) is 49.8 Å². The summed E-state index contributed by atoms with van der Waals surface area (Å²) in [4.78, 5) is 13.3. The molecule has 0 aliphatic carbocycles. The van der Waals surface area contributed by atoms with Gasteiger partial charge in [0.1, 0.15) is 5.75 Å². The number of nitrogens with zero attached hydrogens (tertiary/aromatic N) is 1. The highest BCUT2D eigenvalue weighted by molar-refractivity contribution is 5.76. The van der Waals surface area contributed by atoms with Crippen LogP contribution < -0.4 is 9.64 Å². The zero-order valence-electron chi connectivity index (χ0n) is 11.8. The highest BCUT2D eigenvalue weighted by atomic mass is 16.5. The fourth-order valence-corrected chi connectivity index (χ4v) is 2.50. The molecule has 0 amide bonds. The van der Waals surface area contributed by atoms with Crippen LogP contribution in [0.25, 0.3) is 0 Å². The minimum atomic E-state index is -0.932. The van der Waals surface area contributed by atoms with Crippen molar-refractivity contribution < 1.29 is 14.6 Å². The van der Waals surface area contributed by atoms with E-state index in [0.29, 0.717) is 18.8 Å². The Kier molecular flexibility index (Phi) is 3.52. The van der Waals surface area contributed by atoms with Crippen molar-refractivity contribution in [3.63, 3.8) is 0 Å².